The molecule has 25 heavy (non-hydrogen) atoms. The van der Waals surface area contributed by atoms with Crippen molar-refractivity contribution in [2.45, 2.75) is 13.5 Å². The van der Waals surface area contributed by atoms with Crippen molar-refractivity contribution in [1.82, 2.24) is 9.97 Å². The standard InChI is InChI=1S/C19H16FN5/c1-13-10-18(22-12-15-4-2-3-5-17(15)20)25-19(23-13)24-16-8-6-14(11-21)7-9-16/h2-10H,12H2,1H3,(H2,22,23,24,25). The van der Waals surface area contributed by atoms with Gasteiger partial charge in [-0.05, 0) is 37.3 Å². The molecule has 0 aliphatic carbocycles. The molecule has 0 saturated carbocycles. The smallest absolute Gasteiger partial charge is 0.229 e. The molecule has 0 unspecified atom stereocenters. The first kappa shape index (κ1) is 16.4. The lowest BCUT2D eigenvalue weighted by atomic mass is 10.2. The first-order valence-corrected chi connectivity index (χ1v) is 7.74. The highest BCUT2D eigenvalue weighted by Gasteiger charge is 2.05. The van der Waals surface area contributed by atoms with Crippen molar-refractivity contribution in [2.75, 3.05) is 10.6 Å². The fraction of sp³-hybridized carbons (Fsp3) is 0.105. The molecule has 0 spiro atoms. The number of nitriles is 1. The lowest BCUT2D eigenvalue weighted by Gasteiger charge is -2.10. The molecule has 3 rings (SSSR count). The van der Waals surface area contributed by atoms with Crippen molar-refractivity contribution < 1.29 is 4.39 Å². The molecule has 0 bridgehead atoms. The van der Waals surface area contributed by atoms with Crippen LogP contribution in [0.25, 0.3) is 0 Å². The van der Waals surface area contributed by atoms with Crippen molar-refractivity contribution in [3.05, 3.63) is 77.2 Å². The predicted molar refractivity (Wildman–Crippen MR) is 94.9 cm³/mol. The summed E-state index contributed by atoms with van der Waals surface area (Å²) in [7, 11) is 0. The van der Waals surface area contributed by atoms with E-state index in [1.807, 2.05) is 6.92 Å². The highest BCUT2D eigenvalue weighted by Crippen LogP contribution is 2.17. The molecule has 0 amide bonds. The molecule has 124 valence electrons. The largest absolute Gasteiger partial charge is 0.366 e. The normalized spacial score (nSPS) is 10.1. The number of benzene rings is 2. The van der Waals surface area contributed by atoms with Crippen LogP contribution in [0, 0.1) is 24.1 Å². The molecule has 5 nitrogen and oxygen atoms in total. The summed E-state index contributed by atoms with van der Waals surface area (Å²) in [5.74, 6) is 0.782. The van der Waals surface area contributed by atoms with Gasteiger partial charge in [0.05, 0.1) is 11.6 Å². The lowest BCUT2D eigenvalue weighted by Crippen LogP contribution is -2.06. The zero-order valence-electron chi connectivity index (χ0n) is 13.6. The second-order valence-electron chi connectivity index (χ2n) is 5.48. The third-order valence-corrected chi connectivity index (χ3v) is 3.54. The first-order chi connectivity index (χ1) is 12.1. The SMILES string of the molecule is Cc1cc(NCc2ccccc2F)nc(Nc2ccc(C#N)cc2)n1. The van der Waals surface area contributed by atoms with E-state index in [-0.39, 0.29) is 5.82 Å². The Kier molecular flexibility index (Phi) is 4.86. The quantitative estimate of drug-likeness (QED) is 0.734. The number of nitrogens with zero attached hydrogens (tertiary/aromatic N) is 3. The van der Waals surface area contributed by atoms with Crippen molar-refractivity contribution in [1.29, 1.82) is 5.26 Å². The Balaban J connectivity index is 1.73. The Morgan fingerprint density at radius 3 is 2.56 bits per heavy atom. The fourth-order valence-corrected chi connectivity index (χ4v) is 2.30. The lowest BCUT2D eigenvalue weighted by molar-refractivity contribution is 0.613. The summed E-state index contributed by atoms with van der Waals surface area (Å²) < 4.78 is 13.7. The van der Waals surface area contributed by atoms with Crippen LogP contribution in [0.1, 0.15) is 16.8 Å². The predicted octanol–water partition coefficient (Wildman–Crippen LogP) is 4.15. The molecule has 0 fully saturated rings. The van der Waals surface area contributed by atoms with Gasteiger partial charge < -0.3 is 10.6 Å². The third-order valence-electron chi connectivity index (χ3n) is 3.54. The van der Waals surface area contributed by atoms with E-state index < -0.39 is 0 Å². The number of rotatable bonds is 5. The number of aryl methyl sites for hydroxylation is 1. The van der Waals surface area contributed by atoms with Crippen LogP contribution in [0.3, 0.4) is 0 Å². The van der Waals surface area contributed by atoms with Crippen molar-refractivity contribution in [3.63, 3.8) is 0 Å². The number of halogens is 1. The summed E-state index contributed by atoms with van der Waals surface area (Å²) in [6, 6.07) is 17.5. The minimum atomic E-state index is -0.253. The molecule has 1 heterocycles. The number of hydrogen-bond acceptors (Lipinski definition) is 5. The van der Waals surface area contributed by atoms with Gasteiger partial charge in [-0.1, -0.05) is 18.2 Å². The van der Waals surface area contributed by atoms with E-state index >= 15 is 0 Å². The Labute approximate surface area is 145 Å². The summed E-state index contributed by atoms with van der Waals surface area (Å²) in [5.41, 5.74) is 2.72. The van der Waals surface area contributed by atoms with E-state index in [0.29, 0.717) is 29.4 Å². The highest BCUT2D eigenvalue weighted by atomic mass is 19.1. The van der Waals surface area contributed by atoms with Crippen molar-refractivity contribution in [3.8, 4) is 6.07 Å². The van der Waals surface area contributed by atoms with Gasteiger partial charge in [0.1, 0.15) is 11.6 Å². The van der Waals surface area contributed by atoms with Crippen LogP contribution < -0.4 is 10.6 Å². The molecule has 0 radical (unpaired) electrons. The van der Waals surface area contributed by atoms with E-state index in [0.717, 1.165) is 11.4 Å². The minimum Gasteiger partial charge on any atom is -0.366 e. The summed E-state index contributed by atoms with van der Waals surface area (Å²) in [4.78, 5) is 8.74. The van der Waals surface area contributed by atoms with Gasteiger partial charge in [0.25, 0.3) is 0 Å². The minimum absolute atomic E-state index is 0.253. The molecule has 2 N–H and O–H groups in total. The molecule has 0 aliphatic rings. The number of nitrogens with one attached hydrogen (secondary N) is 2. The summed E-state index contributed by atoms with van der Waals surface area (Å²) in [6.07, 6.45) is 0. The third kappa shape index (κ3) is 4.30. The number of hydrogen-bond donors (Lipinski definition) is 2. The second-order valence-corrected chi connectivity index (χ2v) is 5.48. The highest BCUT2D eigenvalue weighted by molar-refractivity contribution is 5.56. The van der Waals surface area contributed by atoms with Crippen molar-refractivity contribution >= 4 is 17.5 Å². The molecule has 1 aromatic heterocycles. The van der Waals surface area contributed by atoms with Gasteiger partial charge in [-0.2, -0.15) is 10.2 Å². The summed E-state index contributed by atoms with van der Waals surface area (Å²) in [5, 5.41) is 15.0. The van der Waals surface area contributed by atoms with Gasteiger partial charge >= 0.3 is 0 Å². The van der Waals surface area contributed by atoms with Gasteiger partial charge in [0.15, 0.2) is 0 Å². The van der Waals surface area contributed by atoms with Crippen molar-refractivity contribution in [2.24, 2.45) is 0 Å². The average Bonchev–Trinajstić information content (AvgIpc) is 2.61. The maximum Gasteiger partial charge on any atom is 0.229 e. The van der Waals surface area contributed by atoms with Crippen LogP contribution in [0.4, 0.5) is 21.8 Å². The van der Waals surface area contributed by atoms with Gasteiger partial charge in [-0.3, -0.25) is 0 Å². The van der Waals surface area contributed by atoms with Crippen LogP contribution in [0.15, 0.2) is 54.6 Å². The average molecular weight is 333 g/mol. The van der Waals surface area contributed by atoms with Gasteiger partial charge in [-0.25, -0.2) is 9.37 Å². The summed E-state index contributed by atoms with van der Waals surface area (Å²) in [6.45, 7) is 2.19. The van der Waals surface area contributed by atoms with Crippen LogP contribution in [-0.4, -0.2) is 9.97 Å². The molecule has 2 aromatic carbocycles. The Morgan fingerprint density at radius 1 is 1.08 bits per heavy atom. The van der Waals surface area contributed by atoms with E-state index in [4.69, 9.17) is 5.26 Å². The van der Waals surface area contributed by atoms with Crippen LogP contribution in [-0.2, 0) is 6.54 Å². The van der Waals surface area contributed by atoms with Crippen LogP contribution in [0.2, 0.25) is 0 Å². The van der Waals surface area contributed by atoms with E-state index in [2.05, 4.69) is 26.7 Å². The van der Waals surface area contributed by atoms with E-state index in [9.17, 15) is 4.39 Å². The molecule has 0 aliphatic heterocycles. The molecule has 6 heteroatoms. The number of aromatic nitrogens is 2. The maximum absolute atomic E-state index is 13.7. The van der Waals surface area contributed by atoms with Gasteiger partial charge in [0, 0.05) is 29.6 Å². The first-order valence-electron chi connectivity index (χ1n) is 7.74. The molecule has 3 aromatic rings. The Bertz CT molecular complexity index is 916. The number of anilines is 3. The van der Waals surface area contributed by atoms with Crippen LogP contribution >= 0.6 is 0 Å². The maximum atomic E-state index is 13.7. The van der Waals surface area contributed by atoms with E-state index in [1.165, 1.54) is 6.07 Å². The molecular weight excluding hydrogens is 317 g/mol. The topological polar surface area (TPSA) is 73.6 Å². The fourth-order valence-electron chi connectivity index (χ4n) is 2.30. The zero-order chi connectivity index (χ0) is 17.6. The van der Waals surface area contributed by atoms with Gasteiger partial charge in [-0.15, -0.1) is 0 Å². The second kappa shape index (κ2) is 7.41. The molecule has 0 saturated heterocycles. The zero-order valence-corrected chi connectivity index (χ0v) is 13.6. The van der Waals surface area contributed by atoms with E-state index in [1.54, 1.807) is 48.5 Å². The monoisotopic (exact) mass is 333 g/mol. The van der Waals surface area contributed by atoms with Gasteiger partial charge in [0.2, 0.25) is 5.95 Å². The Morgan fingerprint density at radius 2 is 1.84 bits per heavy atom. The Hall–Kier alpha value is -3.46. The molecular formula is C19H16FN5. The molecule has 0 atom stereocenters. The van der Waals surface area contributed by atoms with Crippen LogP contribution in [0.5, 0.6) is 0 Å². The summed E-state index contributed by atoms with van der Waals surface area (Å²) >= 11 is 0.